The summed E-state index contributed by atoms with van der Waals surface area (Å²) in [5.41, 5.74) is 0. The molecule has 0 aromatic carbocycles. The van der Waals surface area contributed by atoms with Gasteiger partial charge >= 0.3 is 48.9 Å². The standard InChI is InChI=1S/2C18H34O3.Ba/c2*1-2-3-4-11-14-17(19)15-12-9-7-5-6-8-10-13-16-18(20)21;/h2*9,12,17,19H,2-8,10-11,13-16H2,1H3,(H,20,21);/q;;+2/p-2/b2*12-9+;. The molecule has 0 aromatic heterocycles. The number of hydrogen-bond acceptors (Lipinski definition) is 6. The van der Waals surface area contributed by atoms with Crippen LogP contribution in [-0.4, -0.2) is 83.2 Å². The van der Waals surface area contributed by atoms with Gasteiger partial charge in [0.25, 0.3) is 0 Å². The Hall–Kier alpha value is -0.0886. The number of carbonyl (C=O) groups is 2. The van der Waals surface area contributed by atoms with Crippen LogP contribution in [0, 0.1) is 0 Å². The first kappa shape index (κ1) is 47.3. The number of carboxylic acid groups (broad SMARTS) is 2. The fourth-order valence-electron chi connectivity index (χ4n) is 4.72. The Bertz CT molecular complexity index is 583. The SMILES string of the molecule is CCCCCCC(O)C/C=C/CCCCCCCC(=O)[O-].CCCCCCC(O)C/C=C/CCCCCCCC(=O)[O-].[Ba+2]. The molecule has 0 saturated carbocycles. The van der Waals surface area contributed by atoms with E-state index in [-0.39, 0.29) is 73.9 Å². The van der Waals surface area contributed by atoms with Crippen molar-refractivity contribution in [2.24, 2.45) is 0 Å². The zero-order chi connectivity index (χ0) is 31.5. The number of aliphatic hydroxyl groups excluding tert-OH is 2. The van der Waals surface area contributed by atoms with Gasteiger partial charge in [-0.1, -0.05) is 128 Å². The second-order valence-corrected chi connectivity index (χ2v) is 11.8. The normalized spacial score (nSPS) is 12.6. The first-order chi connectivity index (χ1) is 20.3. The fraction of sp³-hybridized carbons (Fsp3) is 0.833. The Morgan fingerprint density at radius 3 is 1.19 bits per heavy atom. The van der Waals surface area contributed by atoms with Crippen molar-refractivity contribution in [3.8, 4) is 0 Å². The Labute approximate surface area is 305 Å². The monoisotopic (exact) mass is 732 g/mol. The van der Waals surface area contributed by atoms with Gasteiger partial charge in [0.05, 0.1) is 12.2 Å². The molecule has 0 radical (unpaired) electrons. The predicted molar refractivity (Wildman–Crippen MR) is 177 cm³/mol. The summed E-state index contributed by atoms with van der Waals surface area (Å²) in [5.74, 6) is -1.88. The van der Waals surface area contributed by atoms with Gasteiger partial charge in [-0.25, -0.2) is 0 Å². The summed E-state index contributed by atoms with van der Waals surface area (Å²) in [6.45, 7) is 4.39. The molecule has 0 bridgehead atoms. The molecule has 0 aliphatic rings. The van der Waals surface area contributed by atoms with Gasteiger partial charge in [-0.3, -0.25) is 0 Å². The molecule has 2 N–H and O–H groups in total. The molecule has 0 aromatic rings. The molecule has 43 heavy (non-hydrogen) atoms. The van der Waals surface area contributed by atoms with E-state index >= 15 is 0 Å². The molecule has 0 aliphatic carbocycles. The van der Waals surface area contributed by atoms with Gasteiger partial charge in [0, 0.05) is 11.9 Å². The largest absolute Gasteiger partial charge is 2.00 e. The van der Waals surface area contributed by atoms with Crippen molar-refractivity contribution in [3.05, 3.63) is 24.3 Å². The number of allylic oxidation sites excluding steroid dienone is 2. The van der Waals surface area contributed by atoms with Crippen molar-refractivity contribution in [1.82, 2.24) is 0 Å². The third-order valence-electron chi connectivity index (χ3n) is 7.43. The van der Waals surface area contributed by atoms with E-state index in [0.717, 1.165) is 116 Å². The number of aliphatic hydroxyl groups is 2. The number of hydrogen-bond donors (Lipinski definition) is 2. The van der Waals surface area contributed by atoms with Gasteiger partial charge in [-0.2, -0.15) is 0 Å². The predicted octanol–water partition coefficient (Wildman–Crippen LogP) is 7.11. The molecule has 0 rings (SSSR count). The maximum absolute atomic E-state index is 10.2. The molecule has 0 fully saturated rings. The van der Waals surface area contributed by atoms with Crippen LogP contribution in [0.25, 0.3) is 0 Å². The van der Waals surface area contributed by atoms with Gasteiger partial charge in [0.2, 0.25) is 0 Å². The van der Waals surface area contributed by atoms with E-state index in [1.807, 2.05) is 0 Å². The molecule has 7 heteroatoms. The van der Waals surface area contributed by atoms with Crippen molar-refractivity contribution in [2.45, 2.75) is 193 Å². The summed E-state index contributed by atoms with van der Waals surface area (Å²) in [6, 6.07) is 0. The van der Waals surface area contributed by atoms with E-state index in [2.05, 4.69) is 38.2 Å². The smallest absolute Gasteiger partial charge is 0.550 e. The van der Waals surface area contributed by atoms with Crippen molar-refractivity contribution in [1.29, 1.82) is 0 Å². The maximum Gasteiger partial charge on any atom is 2.00 e. The summed E-state index contributed by atoms with van der Waals surface area (Å²) in [4.78, 5) is 20.4. The minimum atomic E-state index is -0.939. The molecule has 0 saturated heterocycles. The molecular formula is C36H66BaO6. The van der Waals surface area contributed by atoms with Gasteiger partial charge in [0.15, 0.2) is 0 Å². The summed E-state index contributed by atoms with van der Waals surface area (Å²) < 4.78 is 0. The average Bonchev–Trinajstić information content (AvgIpc) is 2.95. The molecule has 0 spiro atoms. The Morgan fingerprint density at radius 2 is 0.837 bits per heavy atom. The van der Waals surface area contributed by atoms with Crippen LogP contribution in [0.2, 0.25) is 0 Å². The fourth-order valence-corrected chi connectivity index (χ4v) is 4.72. The van der Waals surface area contributed by atoms with E-state index in [9.17, 15) is 30.0 Å². The van der Waals surface area contributed by atoms with Crippen LogP contribution in [0.1, 0.15) is 181 Å². The summed E-state index contributed by atoms with van der Waals surface area (Å²) in [5, 5.41) is 40.0. The number of carboxylic acids is 2. The molecule has 6 nitrogen and oxygen atoms in total. The molecule has 2 unspecified atom stereocenters. The zero-order valence-electron chi connectivity index (χ0n) is 28.1. The topological polar surface area (TPSA) is 121 Å². The molecular weight excluding hydrogens is 666 g/mol. The van der Waals surface area contributed by atoms with Gasteiger partial charge in [-0.05, 0) is 77.0 Å². The number of rotatable bonds is 30. The first-order valence-corrected chi connectivity index (χ1v) is 17.4. The minimum absolute atomic E-state index is 0. The Balaban J connectivity index is -0.000000727. The Morgan fingerprint density at radius 1 is 0.512 bits per heavy atom. The molecule has 248 valence electrons. The van der Waals surface area contributed by atoms with Crippen LogP contribution in [0.15, 0.2) is 24.3 Å². The van der Waals surface area contributed by atoms with Crippen molar-refractivity contribution >= 4 is 60.8 Å². The third kappa shape index (κ3) is 46.5. The van der Waals surface area contributed by atoms with Crippen LogP contribution in [0.5, 0.6) is 0 Å². The van der Waals surface area contributed by atoms with Crippen LogP contribution < -0.4 is 10.2 Å². The van der Waals surface area contributed by atoms with Crippen molar-refractivity contribution in [2.75, 3.05) is 0 Å². The first-order valence-electron chi connectivity index (χ1n) is 17.4. The summed E-state index contributed by atoms with van der Waals surface area (Å²) in [7, 11) is 0. The van der Waals surface area contributed by atoms with Gasteiger partial charge in [0.1, 0.15) is 0 Å². The second-order valence-electron chi connectivity index (χ2n) is 11.8. The number of carbonyl (C=O) groups excluding carboxylic acids is 2. The van der Waals surface area contributed by atoms with E-state index in [0.29, 0.717) is 0 Å². The maximum atomic E-state index is 10.2. The summed E-state index contributed by atoms with van der Waals surface area (Å²) in [6.07, 6.45) is 34.0. The number of aliphatic carboxylic acids is 2. The second kappa shape index (κ2) is 39.9. The van der Waals surface area contributed by atoms with E-state index < -0.39 is 11.9 Å². The third-order valence-corrected chi connectivity index (χ3v) is 7.43. The minimum Gasteiger partial charge on any atom is -0.550 e. The van der Waals surface area contributed by atoms with Crippen molar-refractivity contribution < 1.29 is 30.0 Å². The van der Waals surface area contributed by atoms with Crippen LogP contribution in [0.3, 0.4) is 0 Å². The number of unbranched alkanes of at least 4 members (excludes halogenated alkanes) is 16. The molecule has 0 amide bonds. The van der Waals surface area contributed by atoms with Crippen molar-refractivity contribution in [3.63, 3.8) is 0 Å². The van der Waals surface area contributed by atoms with Crippen LogP contribution in [-0.2, 0) is 9.59 Å². The summed E-state index contributed by atoms with van der Waals surface area (Å²) >= 11 is 0. The average molecular weight is 732 g/mol. The van der Waals surface area contributed by atoms with E-state index in [1.165, 1.54) is 38.5 Å². The molecule has 0 aliphatic heterocycles. The van der Waals surface area contributed by atoms with Crippen LogP contribution in [0.4, 0.5) is 0 Å². The Kier molecular flexibility index (Phi) is 43.9. The molecule has 2 atom stereocenters. The molecule has 0 heterocycles. The quantitative estimate of drug-likeness (QED) is 0.0462. The van der Waals surface area contributed by atoms with E-state index in [1.54, 1.807) is 0 Å². The van der Waals surface area contributed by atoms with Gasteiger partial charge in [-0.15, -0.1) is 0 Å². The zero-order valence-corrected chi connectivity index (χ0v) is 32.5. The van der Waals surface area contributed by atoms with E-state index in [4.69, 9.17) is 0 Å². The van der Waals surface area contributed by atoms with Crippen LogP contribution >= 0.6 is 0 Å². The van der Waals surface area contributed by atoms with Gasteiger partial charge < -0.3 is 30.0 Å².